The molecule has 6 nitrogen and oxygen atoms in total. The summed E-state index contributed by atoms with van der Waals surface area (Å²) in [5.41, 5.74) is 1.47. The highest BCUT2D eigenvalue weighted by atomic mass is 16.4. The van der Waals surface area contributed by atoms with Gasteiger partial charge in [0.25, 0.3) is 0 Å². The van der Waals surface area contributed by atoms with Crippen LogP contribution < -0.4 is 0 Å². The lowest BCUT2D eigenvalue weighted by molar-refractivity contribution is -0.136. The van der Waals surface area contributed by atoms with E-state index in [9.17, 15) is 4.79 Å². The minimum Gasteiger partial charge on any atom is -0.481 e. The molecule has 1 aromatic heterocycles. The molecule has 1 heterocycles. The van der Waals surface area contributed by atoms with Crippen LogP contribution in [0.25, 0.3) is 0 Å². The molecule has 0 fully saturated rings. The summed E-state index contributed by atoms with van der Waals surface area (Å²) >= 11 is 0. The summed E-state index contributed by atoms with van der Waals surface area (Å²) in [6.45, 7) is 2.89. The Morgan fingerprint density at radius 3 is 2.76 bits per heavy atom. The van der Waals surface area contributed by atoms with Crippen LogP contribution in [0.1, 0.15) is 37.6 Å². The molecule has 0 atom stereocenters. The SMILES string of the molecule is CCCc1c(CC(=O)O)nnn1CCCCO. The monoisotopic (exact) mass is 241 g/mol. The highest BCUT2D eigenvalue weighted by Gasteiger charge is 2.14. The second kappa shape index (κ2) is 7.01. The van der Waals surface area contributed by atoms with Gasteiger partial charge in [0.2, 0.25) is 0 Å². The van der Waals surface area contributed by atoms with Crippen molar-refractivity contribution in [1.82, 2.24) is 15.0 Å². The lowest BCUT2D eigenvalue weighted by atomic mass is 10.1. The average Bonchev–Trinajstić information content (AvgIpc) is 2.62. The van der Waals surface area contributed by atoms with E-state index in [1.54, 1.807) is 4.68 Å². The zero-order chi connectivity index (χ0) is 12.7. The molecule has 1 rings (SSSR count). The third-order valence-electron chi connectivity index (χ3n) is 2.50. The predicted octanol–water partition coefficient (Wildman–Crippen LogP) is 0.630. The summed E-state index contributed by atoms with van der Waals surface area (Å²) < 4.78 is 1.76. The third kappa shape index (κ3) is 4.14. The van der Waals surface area contributed by atoms with Crippen molar-refractivity contribution in [2.24, 2.45) is 0 Å². The number of carboxylic acid groups (broad SMARTS) is 1. The zero-order valence-corrected chi connectivity index (χ0v) is 10.1. The molecule has 0 amide bonds. The van der Waals surface area contributed by atoms with Gasteiger partial charge in [-0.3, -0.25) is 4.79 Å². The maximum atomic E-state index is 10.7. The Kier molecular flexibility index (Phi) is 5.62. The van der Waals surface area contributed by atoms with Gasteiger partial charge >= 0.3 is 5.97 Å². The number of hydrogen-bond acceptors (Lipinski definition) is 4. The van der Waals surface area contributed by atoms with E-state index < -0.39 is 5.97 Å². The van der Waals surface area contributed by atoms with Gasteiger partial charge in [-0.1, -0.05) is 18.6 Å². The van der Waals surface area contributed by atoms with Crippen LogP contribution >= 0.6 is 0 Å². The molecule has 0 unspecified atom stereocenters. The van der Waals surface area contributed by atoms with Gasteiger partial charge in [-0.25, -0.2) is 4.68 Å². The fourth-order valence-electron chi connectivity index (χ4n) is 1.71. The van der Waals surface area contributed by atoms with Gasteiger partial charge in [0.15, 0.2) is 0 Å². The van der Waals surface area contributed by atoms with Crippen molar-refractivity contribution in [3.8, 4) is 0 Å². The van der Waals surface area contributed by atoms with Gasteiger partial charge < -0.3 is 10.2 Å². The van der Waals surface area contributed by atoms with Crippen LogP contribution in [-0.2, 0) is 24.2 Å². The van der Waals surface area contributed by atoms with Crippen LogP contribution in [0.4, 0.5) is 0 Å². The van der Waals surface area contributed by atoms with Gasteiger partial charge in [0.1, 0.15) is 0 Å². The summed E-state index contributed by atoms with van der Waals surface area (Å²) in [7, 11) is 0. The molecular formula is C11H19N3O3. The second-order valence-corrected chi connectivity index (χ2v) is 3.96. The van der Waals surface area contributed by atoms with Gasteiger partial charge in [0.05, 0.1) is 17.8 Å². The summed E-state index contributed by atoms with van der Waals surface area (Å²) in [5, 5.41) is 25.4. The van der Waals surface area contributed by atoms with Crippen molar-refractivity contribution >= 4 is 5.97 Å². The minimum absolute atomic E-state index is 0.0741. The molecule has 0 aliphatic carbocycles. The number of hydrogen-bond donors (Lipinski definition) is 2. The Labute approximate surface area is 100 Å². The van der Waals surface area contributed by atoms with Gasteiger partial charge in [0, 0.05) is 13.2 Å². The summed E-state index contributed by atoms with van der Waals surface area (Å²) in [6.07, 6.45) is 3.19. The molecule has 96 valence electrons. The van der Waals surface area contributed by atoms with E-state index in [-0.39, 0.29) is 13.0 Å². The fourth-order valence-corrected chi connectivity index (χ4v) is 1.71. The molecule has 17 heavy (non-hydrogen) atoms. The fraction of sp³-hybridized carbons (Fsp3) is 0.727. The molecule has 1 aromatic rings. The van der Waals surface area contributed by atoms with Gasteiger partial charge in [-0.15, -0.1) is 5.10 Å². The molecule has 6 heteroatoms. The van der Waals surface area contributed by atoms with Crippen molar-refractivity contribution in [1.29, 1.82) is 0 Å². The van der Waals surface area contributed by atoms with Crippen molar-refractivity contribution in [2.75, 3.05) is 6.61 Å². The van der Waals surface area contributed by atoms with E-state index in [1.165, 1.54) is 0 Å². The Morgan fingerprint density at radius 1 is 1.41 bits per heavy atom. The van der Waals surface area contributed by atoms with Crippen LogP contribution in [-0.4, -0.2) is 37.8 Å². The summed E-state index contributed by atoms with van der Waals surface area (Å²) in [4.78, 5) is 10.7. The minimum atomic E-state index is -0.884. The second-order valence-electron chi connectivity index (χ2n) is 3.96. The molecule has 0 spiro atoms. The molecule has 0 aliphatic heterocycles. The number of carboxylic acids is 1. The highest BCUT2D eigenvalue weighted by Crippen LogP contribution is 2.10. The van der Waals surface area contributed by atoms with Crippen LogP contribution in [0, 0.1) is 0 Å². The van der Waals surface area contributed by atoms with E-state index in [0.717, 1.165) is 31.4 Å². The van der Waals surface area contributed by atoms with E-state index >= 15 is 0 Å². The molecule has 0 bridgehead atoms. The number of aliphatic hydroxyl groups excluding tert-OH is 1. The molecular weight excluding hydrogens is 222 g/mol. The first-order valence-electron chi connectivity index (χ1n) is 5.93. The van der Waals surface area contributed by atoms with Gasteiger partial charge in [-0.05, 0) is 19.3 Å². The van der Waals surface area contributed by atoms with Crippen molar-refractivity contribution in [2.45, 2.75) is 45.6 Å². The molecule has 0 saturated carbocycles. The van der Waals surface area contributed by atoms with E-state index in [0.29, 0.717) is 12.2 Å². The average molecular weight is 241 g/mol. The first kappa shape index (κ1) is 13.6. The van der Waals surface area contributed by atoms with Crippen LogP contribution in [0.5, 0.6) is 0 Å². The van der Waals surface area contributed by atoms with E-state index in [4.69, 9.17) is 10.2 Å². The Morgan fingerprint density at radius 2 is 2.18 bits per heavy atom. The Bertz CT molecular complexity index is 363. The van der Waals surface area contributed by atoms with Crippen molar-refractivity contribution < 1.29 is 15.0 Å². The molecule has 2 N–H and O–H groups in total. The van der Waals surface area contributed by atoms with Crippen molar-refractivity contribution in [3.63, 3.8) is 0 Å². The first-order chi connectivity index (χ1) is 8.19. The third-order valence-corrected chi connectivity index (χ3v) is 2.50. The molecule has 0 saturated heterocycles. The topological polar surface area (TPSA) is 88.2 Å². The van der Waals surface area contributed by atoms with Gasteiger partial charge in [-0.2, -0.15) is 0 Å². The highest BCUT2D eigenvalue weighted by molar-refractivity contribution is 5.69. The lowest BCUT2D eigenvalue weighted by Crippen LogP contribution is -2.09. The number of nitrogens with zero attached hydrogens (tertiary/aromatic N) is 3. The van der Waals surface area contributed by atoms with Crippen LogP contribution in [0.15, 0.2) is 0 Å². The number of rotatable bonds is 8. The predicted molar refractivity (Wildman–Crippen MR) is 61.7 cm³/mol. The summed E-state index contributed by atoms with van der Waals surface area (Å²) in [6, 6.07) is 0. The number of unbranched alkanes of at least 4 members (excludes halogenated alkanes) is 1. The zero-order valence-electron chi connectivity index (χ0n) is 10.1. The Hall–Kier alpha value is -1.43. The Balaban J connectivity index is 2.74. The number of aliphatic hydroxyl groups is 1. The largest absolute Gasteiger partial charge is 0.481 e. The lowest BCUT2D eigenvalue weighted by Gasteiger charge is -2.05. The van der Waals surface area contributed by atoms with Crippen LogP contribution in [0.2, 0.25) is 0 Å². The first-order valence-corrected chi connectivity index (χ1v) is 5.93. The molecule has 0 aliphatic rings. The van der Waals surface area contributed by atoms with E-state index in [2.05, 4.69) is 10.3 Å². The number of aryl methyl sites for hydroxylation is 1. The van der Waals surface area contributed by atoms with Crippen LogP contribution in [0.3, 0.4) is 0 Å². The quantitative estimate of drug-likeness (QED) is 0.652. The molecule has 0 radical (unpaired) electrons. The smallest absolute Gasteiger partial charge is 0.309 e. The normalized spacial score (nSPS) is 10.7. The summed E-state index contributed by atoms with van der Waals surface area (Å²) in [5.74, 6) is -0.884. The number of carbonyl (C=O) groups is 1. The maximum Gasteiger partial charge on any atom is 0.309 e. The standard InChI is InChI=1S/C11H19N3O3/c1-2-5-10-9(8-11(16)17)12-13-14(10)6-3-4-7-15/h15H,2-8H2,1H3,(H,16,17). The maximum absolute atomic E-state index is 10.7. The molecule has 0 aromatic carbocycles. The number of aliphatic carboxylic acids is 1. The number of aromatic nitrogens is 3. The van der Waals surface area contributed by atoms with E-state index in [1.807, 2.05) is 6.92 Å². The van der Waals surface area contributed by atoms with Crippen molar-refractivity contribution in [3.05, 3.63) is 11.4 Å².